The normalized spacial score (nSPS) is 22.0. The molecule has 21 heavy (non-hydrogen) atoms. The van der Waals surface area contributed by atoms with Gasteiger partial charge in [0, 0.05) is 7.11 Å². The molecule has 2 nitrogen and oxygen atoms in total. The van der Waals surface area contributed by atoms with Crippen molar-refractivity contribution < 1.29 is 9.84 Å². The lowest BCUT2D eigenvalue weighted by atomic mass is 9.68. The molecule has 0 saturated heterocycles. The summed E-state index contributed by atoms with van der Waals surface area (Å²) in [4.78, 5) is 0. The monoisotopic (exact) mass is 290 g/mol. The van der Waals surface area contributed by atoms with E-state index in [0.29, 0.717) is 5.41 Å². The van der Waals surface area contributed by atoms with E-state index in [2.05, 4.69) is 46.8 Å². The van der Waals surface area contributed by atoms with Crippen LogP contribution in [0.5, 0.6) is 0 Å². The molecule has 0 amide bonds. The maximum absolute atomic E-state index is 11.0. The van der Waals surface area contributed by atoms with E-state index in [1.54, 1.807) is 7.11 Å². The van der Waals surface area contributed by atoms with Gasteiger partial charge in [-0.25, -0.2) is 0 Å². The highest BCUT2D eigenvalue weighted by Gasteiger charge is 2.44. The highest BCUT2D eigenvalue weighted by molar-refractivity contribution is 5.38. The van der Waals surface area contributed by atoms with Crippen molar-refractivity contribution in [1.29, 1.82) is 0 Å². The van der Waals surface area contributed by atoms with Gasteiger partial charge in [-0.2, -0.15) is 0 Å². The molecule has 0 aliphatic heterocycles. The first-order chi connectivity index (χ1) is 9.71. The van der Waals surface area contributed by atoms with Gasteiger partial charge in [-0.1, -0.05) is 26.0 Å². The van der Waals surface area contributed by atoms with E-state index in [1.165, 1.54) is 11.1 Å². The van der Waals surface area contributed by atoms with Crippen molar-refractivity contribution >= 4 is 0 Å². The van der Waals surface area contributed by atoms with Gasteiger partial charge in [0.1, 0.15) is 6.10 Å². The molecule has 0 heterocycles. The lowest BCUT2D eigenvalue weighted by Gasteiger charge is -2.45. The lowest BCUT2D eigenvalue weighted by molar-refractivity contribution is -0.138. The van der Waals surface area contributed by atoms with Crippen LogP contribution in [0, 0.1) is 26.2 Å². The predicted molar refractivity (Wildman–Crippen MR) is 87.6 cm³/mol. The third-order valence-corrected chi connectivity index (χ3v) is 5.53. The van der Waals surface area contributed by atoms with Crippen LogP contribution in [0.1, 0.15) is 67.9 Å². The van der Waals surface area contributed by atoms with Gasteiger partial charge in [0.15, 0.2) is 0 Å². The van der Waals surface area contributed by atoms with Crippen molar-refractivity contribution in [3.63, 3.8) is 0 Å². The smallest absolute Gasteiger partial charge is 0.108 e. The Kier molecular flexibility index (Phi) is 4.51. The van der Waals surface area contributed by atoms with E-state index in [4.69, 9.17) is 4.74 Å². The molecule has 1 unspecified atom stereocenters. The Morgan fingerprint density at radius 2 is 1.48 bits per heavy atom. The first kappa shape index (κ1) is 16.5. The van der Waals surface area contributed by atoms with Gasteiger partial charge in [-0.15, -0.1) is 0 Å². The SMILES string of the molecule is COC1(C(O)c2cc(C)c(C)cc2C)CCC(C)(C)CC1. The Hall–Kier alpha value is -0.860. The Balaban J connectivity index is 2.33. The quantitative estimate of drug-likeness (QED) is 0.879. The molecule has 1 aromatic carbocycles. The minimum Gasteiger partial charge on any atom is -0.385 e. The predicted octanol–water partition coefficient (Wildman–Crippen LogP) is 4.63. The Morgan fingerprint density at radius 3 is 2.00 bits per heavy atom. The number of ether oxygens (including phenoxy) is 1. The third kappa shape index (κ3) is 3.17. The van der Waals surface area contributed by atoms with E-state index in [1.807, 2.05) is 0 Å². The zero-order chi connectivity index (χ0) is 15.8. The summed E-state index contributed by atoms with van der Waals surface area (Å²) in [5.41, 5.74) is 4.63. The number of methoxy groups -OCH3 is 1. The molecule has 1 fully saturated rings. The maximum Gasteiger partial charge on any atom is 0.108 e. The Morgan fingerprint density at radius 1 is 0.952 bits per heavy atom. The number of aliphatic hydroxyl groups is 1. The number of aliphatic hydroxyl groups excluding tert-OH is 1. The summed E-state index contributed by atoms with van der Waals surface area (Å²) in [6.45, 7) is 10.9. The van der Waals surface area contributed by atoms with E-state index < -0.39 is 11.7 Å². The van der Waals surface area contributed by atoms with E-state index >= 15 is 0 Å². The molecule has 1 aliphatic rings. The molecule has 1 aliphatic carbocycles. The largest absolute Gasteiger partial charge is 0.385 e. The molecule has 118 valence electrons. The molecule has 0 spiro atoms. The minimum atomic E-state index is -0.544. The van der Waals surface area contributed by atoms with E-state index in [-0.39, 0.29) is 0 Å². The van der Waals surface area contributed by atoms with Gasteiger partial charge in [0.05, 0.1) is 5.60 Å². The van der Waals surface area contributed by atoms with Gasteiger partial charge < -0.3 is 9.84 Å². The summed E-state index contributed by atoms with van der Waals surface area (Å²) < 4.78 is 5.86. The molecule has 1 N–H and O–H groups in total. The van der Waals surface area contributed by atoms with Crippen LogP contribution in [-0.2, 0) is 4.74 Å². The molecule has 1 saturated carbocycles. The first-order valence-corrected chi connectivity index (χ1v) is 8.02. The fraction of sp³-hybridized carbons (Fsp3) is 0.684. The molecule has 0 aromatic heterocycles. The van der Waals surface area contributed by atoms with Gasteiger partial charge in [-0.05, 0) is 74.1 Å². The van der Waals surface area contributed by atoms with Crippen LogP contribution in [0.3, 0.4) is 0 Å². The van der Waals surface area contributed by atoms with E-state index in [9.17, 15) is 5.11 Å². The average molecular weight is 290 g/mol. The van der Waals surface area contributed by atoms with Crippen molar-refractivity contribution in [2.75, 3.05) is 7.11 Å². The molecule has 2 rings (SSSR count). The van der Waals surface area contributed by atoms with Crippen LogP contribution >= 0.6 is 0 Å². The summed E-state index contributed by atoms with van der Waals surface area (Å²) in [7, 11) is 1.75. The number of rotatable bonds is 3. The summed E-state index contributed by atoms with van der Waals surface area (Å²) >= 11 is 0. The zero-order valence-electron chi connectivity index (χ0n) is 14.4. The Bertz CT molecular complexity index is 507. The summed E-state index contributed by atoms with van der Waals surface area (Å²) in [5, 5.41) is 11.0. The number of aryl methyl sites for hydroxylation is 3. The molecule has 1 aromatic rings. The molecule has 0 radical (unpaired) electrons. The van der Waals surface area contributed by atoms with Crippen molar-refractivity contribution in [3.8, 4) is 0 Å². The summed E-state index contributed by atoms with van der Waals surface area (Å²) in [6, 6.07) is 4.31. The van der Waals surface area contributed by atoms with Crippen LogP contribution < -0.4 is 0 Å². The maximum atomic E-state index is 11.0. The highest BCUT2D eigenvalue weighted by atomic mass is 16.5. The summed E-state index contributed by atoms with van der Waals surface area (Å²) in [5.74, 6) is 0. The standard InChI is InChI=1S/C19H30O2/c1-13-11-15(3)16(12-14(13)2)17(20)19(21-6)9-7-18(4,5)8-10-19/h11-12,17,20H,7-10H2,1-6H3. The molecular weight excluding hydrogens is 260 g/mol. The number of benzene rings is 1. The second-order valence-electron chi connectivity index (χ2n) is 7.63. The third-order valence-electron chi connectivity index (χ3n) is 5.53. The van der Waals surface area contributed by atoms with Crippen molar-refractivity contribution in [1.82, 2.24) is 0 Å². The minimum absolute atomic E-state index is 0.361. The molecular formula is C19H30O2. The van der Waals surface area contributed by atoms with E-state index in [0.717, 1.165) is 36.8 Å². The molecule has 2 heteroatoms. The van der Waals surface area contributed by atoms with Crippen molar-refractivity contribution in [2.24, 2.45) is 5.41 Å². The van der Waals surface area contributed by atoms with Crippen LogP contribution in [0.2, 0.25) is 0 Å². The van der Waals surface area contributed by atoms with Crippen molar-refractivity contribution in [3.05, 3.63) is 34.4 Å². The number of hydrogen-bond acceptors (Lipinski definition) is 2. The lowest BCUT2D eigenvalue weighted by Crippen LogP contribution is -2.44. The Labute approximate surface area is 129 Å². The molecule has 0 bridgehead atoms. The zero-order valence-corrected chi connectivity index (χ0v) is 14.4. The van der Waals surface area contributed by atoms with Gasteiger partial charge in [0.2, 0.25) is 0 Å². The van der Waals surface area contributed by atoms with Crippen LogP contribution in [0.4, 0.5) is 0 Å². The second kappa shape index (κ2) is 5.73. The number of hydrogen-bond donors (Lipinski definition) is 1. The van der Waals surface area contributed by atoms with Gasteiger partial charge in [-0.3, -0.25) is 0 Å². The van der Waals surface area contributed by atoms with Crippen LogP contribution in [0.25, 0.3) is 0 Å². The summed E-state index contributed by atoms with van der Waals surface area (Å²) in [6.07, 6.45) is 3.50. The van der Waals surface area contributed by atoms with Crippen LogP contribution in [-0.4, -0.2) is 17.8 Å². The van der Waals surface area contributed by atoms with Gasteiger partial charge in [0.25, 0.3) is 0 Å². The fourth-order valence-corrected chi connectivity index (χ4v) is 3.50. The average Bonchev–Trinajstić information content (AvgIpc) is 2.43. The second-order valence-corrected chi connectivity index (χ2v) is 7.63. The first-order valence-electron chi connectivity index (χ1n) is 8.02. The highest BCUT2D eigenvalue weighted by Crippen LogP contribution is 2.47. The van der Waals surface area contributed by atoms with Crippen LogP contribution in [0.15, 0.2) is 12.1 Å². The van der Waals surface area contributed by atoms with Crippen molar-refractivity contribution in [2.45, 2.75) is 72.0 Å². The fourth-order valence-electron chi connectivity index (χ4n) is 3.50. The topological polar surface area (TPSA) is 29.5 Å². The molecule has 1 atom stereocenters. The van der Waals surface area contributed by atoms with Gasteiger partial charge >= 0.3 is 0 Å².